The van der Waals surface area contributed by atoms with Crippen LogP contribution in [0.4, 0.5) is 0 Å². The van der Waals surface area contributed by atoms with Crippen molar-refractivity contribution >= 4 is 12.2 Å². The maximum absolute atomic E-state index is 3.19. The first-order valence-corrected chi connectivity index (χ1v) is 4.07. The maximum Gasteiger partial charge on any atom is 0.0456 e. The summed E-state index contributed by atoms with van der Waals surface area (Å²) in [6.07, 6.45) is 12.4. The van der Waals surface area contributed by atoms with E-state index in [1.807, 2.05) is 6.20 Å². The molecule has 60 valence electrons. The average molecular weight is 157 g/mol. The van der Waals surface area contributed by atoms with E-state index in [-0.39, 0.29) is 0 Å². The molecule has 12 heavy (non-hydrogen) atoms. The van der Waals surface area contributed by atoms with Crippen LogP contribution in [0.3, 0.4) is 0 Å². The fourth-order valence-corrected chi connectivity index (χ4v) is 1.31. The summed E-state index contributed by atoms with van der Waals surface area (Å²) >= 11 is 0. The molecule has 1 N–H and O–H groups in total. The summed E-state index contributed by atoms with van der Waals surface area (Å²) in [5.41, 5.74) is 1.27. The smallest absolute Gasteiger partial charge is 0.0456 e. The van der Waals surface area contributed by atoms with E-state index < -0.39 is 0 Å². The minimum Gasteiger partial charge on any atom is -0.361 e. The molecule has 0 radical (unpaired) electrons. The molecule has 0 saturated carbocycles. The Morgan fingerprint density at radius 3 is 2.92 bits per heavy atom. The lowest BCUT2D eigenvalue weighted by Gasteiger charge is -1.89. The van der Waals surface area contributed by atoms with Gasteiger partial charge in [-0.05, 0) is 29.9 Å². The molecule has 1 aromatic rings. The van der Waals surface area contributed by atoms with Gasteiger partial charge in [0.2, 0.25) is 0 Å². The second-order valence-electron chi connectivity index (χ2n) is 2.95. The molecule has 1 aliphatic carbocycles. The summed E-state index contributed by atoms with van der Waals surface area (Å²) in [6.45, 7) is 2.10. The number of aromatic nitrogens is 1. The van der Waals surface area contributed by atoms with Crippen LogP contribution in [0.15, 0.2) is 36.1 Å². The summed E-state index contributed by atoms with van der Waals surface area (Å²) in [4.78, 5) is 3.19. The van der Waals surface area contributed by atoms with Crippen LogP contribution in [0.2, 0.25) is 0 Å². The van der Waals surface area contributed by atoms with E-state index in [2.05, 4.69) is 48.4 Å². The summed E-state index contributed by atoms with van der Waals surface area (Å²) in [5.74, 6) is 0. The second-order valence-corrected chi connectivity index (χ2v) is 2.95. The van der Waals surface area contributed by atoms with Crippen molar-refractivity contribution in [1.82, 2.24) is 4.98 Å². The van der Waals surface area contributed by atoms with Gasteiger partial charge in [0.1, 0.15) is 0 Å². The number of nitrogens with one attached hydrogen (secondary N) is 1. The molecule has 1 aliphatic rings. The van der Waals surface area contributed by atoms with Crippen molar-refractivity contribution in [1.29, 1.82) is 0 Å². The minimum atomic E-state index is 1.19. The number of fused-ring (bicyclic) bond motifs is 1. The molecule has 0 atom stereocenters. The molecule has 0 aromatic carbocycles. The highest BCUT2D eigenvalue weighted by Crippen LogP contribution is 1.95. The first kappa shape index (κ1) is 7.17. The van der Waals surface area contributed by atoms with Gasteiger partial charge in [-0.2, -0.15) is 0 Å². The molecule has 0 saturated heterocycles. The van der Waals surface area contributed by atoms with Crippen molar-refractivity contribution in [2.75, 3.05) is 0 Å². The molecule has 1 aromatic heterocycles. The summed E-state index contributed by atoms with van der Waals surface area (Å²) < 4.78 is 0. The number of aromatic amines is 1. The molecule has 0 fully saturated rings. The van der Waals surface area contributed by atoms with Crippen LogP contribution in [-0.4, -0.2) is 4.98 Å². The Balaban J connectivity index is 2.78. The first-order chi connectivity index (χ1) is 5.86. The van der Waals surface area contributed by atoms with Gasteiger partial charge in [-0.1, -0.05) is 24.3 Å². The zero-order valence-corrected chi connectivity index (χ0v) is 7.04. The lowest BCUT2D eigenvalue weighted by Crippen LogP contribution is -2.22. The van der Waals surface area contributed by atoms with Gasteiger partial charge < -0.3 is 4.98 Å². The summed E-state index contributed by atoms with van der Waals surface area (Å²) in [7, 11) is 0. The highest BCUT2D eigenvalue weighted by Gasteiger charge is 1.87. The predicted octanol–water partition coefficient (Wildman–Crippen LogP) is 1.09. The topological polar surface area (TPSA) is 15.8 Å². The van der Waals surface area contributed by atoms with Gasteiger partial charge in [-0.25, -0.2) is 0 Å². The zero-order valence-electron chi connectivity index (χ0n) is 7.04. The van der Waals surface area contributed by atoms with E-state index in [1.54, 1.807) is 0 Å². The number of hydrogen-bond acceptors (Lipinski definition) is 0. The number of allylic oxidation sites excluding steroid dienone is 4. The molecule has 0 aliphatic heterocycles. The van der Waals surface area contributed by atoms with Crippen molar-refractivity contribution in [2.45, 2.75) is 6.92 Å². The van der Waals surface area contributed by atoms with Crippen molar-refractivity contribution in [3.63, 3.8) is 0 Å². The Labute approximate surface area is 71.4 Å². The fourth-order valence-electron chi connectivity index (χ4n) is 1.31. The monoisotopic (exact) mass is 157 g/mol. The number of hydrogen-bond donors (Lipinski definition) is 1. The third-order valence-corrected chi connectivity index (χ3v) is 1.93. The number of rotatable bonds is 0. The van der Waals surface area contributed by atoms with Gasteiger partial charge in [-0.15, -0.1) is 0 Å². The van der Waals surface area contributed by atoms with E-state index >= 15 is 0 Å². The van der Waals surface area contributed by atoms with E-state index in [9.17, 15) is 0 Å². The molecule has 1 nitrogen and oxygen atoms in total. The molecule has 2 rings (SSSR count). The van der Waals surface area contributed by atoms with Crippen molar-refractivity contribution < 1.29 is 0 Å². The molecule has 0 spiro atoms. The van der Waals surface area contributed by atoms with E-state index in [1.165, 1.54) is 16.1 Å². The lowest BCUT2D eigenvalue weighted by molar-refractivity contribution is 1.31. The van der Waals surface area contributed by atoms with Crippen LogP contribution < -0.4 is 10.6 Å². The van der Waals surface area contributed by atoms with Crippen molar-refractivity contribution in [2.24, 2.45) is 0 Å². The average Bonchev–Trinajstić information content (AvgIpc) is 2.42. The quantitative estimate of drug-likeness (QED) is 0.580. The Kier molecular flexibility index (Phi) is 1.71. The third kappa shape index (κ3) is 1.26. The second kappa shape index (κ2) is 2.86. The SMILES string of the molecule is CC1=C/C=C\C=c2\cc[nH]\c2=C\1. The van der Waals surface area contributed by atoms with Crippen LogP contribution >= 0.6 is 0 Å². The van der Waals surface area contributed by atoms with Gasteiger partial charge in [-0.3, -0.25) is 0 Å². The molecule has 0 amide bonds. The lowest BCUT2D eigenvalue weighted by atomic mass is 10.2. The molecular weight excluding hydrogens is 146 g/mol. The van der Waals surface area contributed by atoms with Crippen LogP contribution in [-0.2, 0) is 0 Å². The Morgan fingerprint density at radius 2 is 2.00 bits per heavy atom. The summed E-state index contributed by atoms with van der Waals surface area (Å²) in [5, 5.41) is 2.44. The predicted molar refractivity (Wildman–Crippen MR) is 51.9 cm³/mol. The molecule has 1 heteroatoms. The largest absolute Gasteiger partial charge is 0.361 e. The Morgan fingerprint density at radius 1 is 1.17 bits per heavy atom. The number of H-pyrrole nitrogens is 1. The van der Waals surface area contributed by atoms with Gasteiger partial charge in [0.25, 0.3) is 0 Å². The van der Waals surface area contributed by atoms with Crippen molar-refractivity contribution in [3.8, 4) is 0 Å². The van der Waals surface area contributed by atoms with Crippen molar-refractivity contribution in [3.05, 3.63) is 46.6 Å². The summed E-state index contributed by atoms with van der Waals surface area (Å²) in [6, 6.07) is 2.08. The molecule has 0 bridgehead atoms. The molecule has 1 heterocycles. The Hall–Kier alpha value is -1.50. The highest BCUT2D eigenvalue weighted by molar-refractivity contribution is 5.51. The van der Waals surface area contributed by atoms with Gasteiger partial charge >= 0.3 is 0 Å². The van der Waals surface area contributed by atoms with Gasteiger partial charge in [0, 0.05) is 11.5 Å². The van der Waals surface area contributed by atoms with Gasteiger partial charge in [0.15, 0.2) is 0 Å². The Bertz CT molecular complexity index is 444. The standard InChI is InChI=1S/C11H11N/c1-9-4-2-3-5-10-6-7-12-11(10)8-9/h2-8,12H,1H3/b3-2-,4-2?,5-3?,9-4-,9-8?,10-5-,11-8+. The van der Waals surface area contributed by atoms with Crippen LogP contribution in [0, 0.1) is 0 Å². The van der Waals surface area contributed by atoms with E-state index in [4.69, 9.17) is 0 Å². The van der Waals surface area contributed by atoms with E-state index in [0.29, 0.717) is 0 Å². The molecule has 0 unspecified atom stereocenters. The normalized spacial score (nSPS) is 27.6. The fraction of sp³-hybridized carbons (Fsp3) is 0.0909. The van der Waals surface area contributed by atoms with E-state index in [0.717, 1.165) is 0 Å². The van der Waals surface area contributed by atoms with Crippen LogP contribution in [0.25, 0.3) is 12.2 Å². The van der Waals surface area contributed by atoms with Crippen LogP contribution in [0.5, 0.6) is 0 Å². The first-order valence-electron chi connectivity index (χ1n) is 4.07. The highest BCUT2D eigenvalue weighted by atomic mass is 14.6. The molecular formula is C11H11N. The zero-order chi connectivity index (χ0) is 8.39. The third-order valence-electron chi connectivity index (χ3n) is 1.93. The maximum atomic E-state index is 3.19. The van der Waals surface area contributed by atoms with Gasteiger partial charge in [0.05, 0.1) is 0 Å². The van der Waals surface area contributed by atoms with Crippen LogP contribution in [0.1, 0.15) is 6.92 Å². The minimum absolute atomic E-state index is 1.19.